The zero-order chi connectivity index (χ0) is 13.7. The summed E-state index contributed by atoms with van der Waals surface area (Å²) < 4.78 is 9.65. The van der Waals surface area contributed by atoms with Gasteiger partial charge in [-0.1, -0.05) is 6.07 Å². The van der Waals surface area contributed by atoms with E-state index in [9.17, 15) is 14.9 Å². The lowest BCUT2D eigenvalue weighted by Gasteiger charge is -2.07. The van der Waals surface area contributed by atoms with Gasteiger partial charge in [0.2, 0.25) is 5.70 Å². The van der Waals surface area contributed by atoms with Crippen LogP contribution in [0.3, 0.4) is 0 Å². The number of carbonyl (C=O) groups is 1. The highest BCUT2D eigenvalue weighted by molar-refractivity contribution is 5.92. The molecule has 1 aromatic carbocycles. The Morgan fingerprint density at radius 3 is 2.56 bits per heavy atom. The number of nitrogens with zero attached hydrogens (tertiary/aromatic N) is 1. The molecule has 0 amide bonds. The molecule has 0 fully saturated rings. The minimum absolute atomic E-state index is 0.00266. The molecule has 0 radical (unpaired) electrons. The van der Waals surface area contributed by atoms with Crippen LogP contribution in [-0.2, 0) is 4.74 Å². The molecule has 0 atom stereocenters. The van der Waals surface area contributed by atoms with E-state index < -0.39 is 10.9 Å². The zero-order valence-corrected chi connectivity index (χ0v) is 10.3. The van der Waals surface area contributed by atoms with Gasteiger partial charge >= 0.3 is 5.97 Å². The molecule has 96 valence electrons. The fourth-order valence-corrected chi connectivity index (χ4v) is 1.37. The van der Waals surface area contributed by atoms with Crippen molar-refractivity contribution in [2.24, 2.45) is 0 Å². The lowest BCUT2D eigenvalue weighted by Crippen LogP contribution is -2.04. The van der Waals surface area contributed by atoms with E-state index in [1.807, 2.05) is 0 Å². The van der Waals surface area contributed by atoms with E-state index in [-0.39, 0.29) is 11.3 Å². The molecular weight excluding hydrogens is 238 g/mol. The number of rotatable bonds is 4. The first-order valence-corrected chi connectivity index (χ1v) is 5.08. The minimum Gasteiger partial charge on any atom is -0.496 e. The first kappa shape index (κ1) is 13.7. The van der Waals surface area contributed by atoms with Gasteiger partial charge in [0.05, 0.1) is 19.1 Å². The Bertz CT molecular complexity index is 507. The monoisotopic (exact) mass is 251 g/mol. The fourth-order valence-electron chi connectivity index (χ4n) is 1.37. The number of nitro groups is 1. The fraction of sp³-hybridized carbons (Fsp3) is 0.250. The third-order valence-electron chi connectivity index (χ3n) is 2.29. The Balaban J connectivity index is 3.17. The molecule has 18 heavy (non-hydrogen) atoms. The van der Waals surface area contributed by atoms with Gasteiger partial charge in [0.15, 0.2) is 0 Å². The third kappa shape index (κ3) is 3.07. The molecule has 0 N–H and O–H groups in total. The molecule has 6 nitrogen and oxygen atoms in total. The number of methoxy groups -OCH3 is 2. The second-order valence-corrected chi connectivity index (χ2v) is 3.49. The van der Waals surface area contributed by atoms with Gasteiger partial charge in [-0.05, 0) is 17.7 Å². The molecule has 6 heteroatoms. The number of esters is 1. The van der Waals surface area contributed by atoms with Crippen molar-refractivity contribution in [2.75, 3.05) is 14.2 Å². The molecule has 0 aliphatic heterocycles. The summed E-state index contributed by atoms with van der Waals surface area (Å²) >= 11 is 0. The zero-order valence-electron chi connectivity index (χ0n) is 10.3. The number of hydrogen-bond acceptors (Lipinski definition) is 5. The summed E-state index contributed by atoms with van der Waals surface area (Å²) in [5, 5.41) is 10.5. The Morgan fingerprint density at radius 2 is 2.06 bits per heavy atom. The molecule has 0 saturated carbocycles. The van der Waals surface area contributed by atoms with Crippen molar-refractivity contribution < 1.29 is 19.2 Å². The van der Waals surface area contributed by atoms with Gasteiger partial charge in [0.1, 0.15) is 11.3 Å². The van der Waals surface area contributed by atoms with Crippen LogP contribution in [-0.4, -0.2) is 25.1 Å². The van der Waals surface area contributed by atoms with Crippen molar-refractivity contribution in [1.29, 1.82) is 0 Å². The van der Waals surface area contributed by atoms with E-state index in [0.29, 0.717) is 11.3 Å². The molecule has 0 heterocycles. The summed E-state index contributed by atoms with van der Waals surface area (Å²) in [7, 11) is 2.68. The van der Waals surface area contributed by atoms with Gasteiger partial charge in [-0.2, -0.15) is 0 Å². The lowest BCUT2D eigenvalue weighted by atomic mass is 10.1. The SMILES string of the molecule is COC(=O)c1ccc(/C=C(\C)[N+](=O)[O-])cc1OC. The van der Waals surface area contributed by atoms with E-state index in [1.165, 1.54) is 33.3 Å². The highest BCUT2D eigenvalue weighted by Crippen LogP contribution is 2.22. The number of carbonyl (C=O) groups excluding carboxylic acids is 1. The molecular formula is C12H13NO5. The Kier molecular flexibility index (Phi) is 4.42. The van der Waals surface area contributed by atoms with Crippen LogP contribution in [0.25, 0.3) is 6.08 Å². The van der Waals surface area contributed by atoms with Crippen molar-refractivity contribution in [1.82, 2.24) is 0 Å². The van der Waals surface area contributed by atoms with Crippen molar-refractivity contribution >= 4 is 12.0 Å². The Hall–Kier alpha value is -2.37. The number of hydrogen-bond donors (Lipinski definition) is 0. The first-order valence-electron chi connectivity index (χ1n) is 5.08. The summed E-state index contributed by atoms with van der Waals surface area (Å²) in [4.78, 5) is 21.4. The molecule has 0 aromatic heterocycles. The predicted molar refractivity (Wildman–Crippen MR) is 65.0 cm³/mol. The highest BCUT2D eigenvalue weighted by Gasteiger charge is 2.13. The normalized spacial score (nSPS) is 10.9. The number of benzene rings is 1. The summed E-state index contributed by atoms with van der Waals surface area (Å²) in [6.45, 7) is 1.39. The lowest BCUT2D eigenvalue weighted by molar-refractivity contribution is -0.422. The smallest absolute Gasteiger partial charge is 0.341 e. The number of ether oxygens (including phenoxy) is 2. The molecule has 1 aromatic rings. The van der Waals surface area contributed by atoms with Gasteiger partial charge in [-0.15, -0.1) is 0 Å². The van der Waals surface area contributed by atoms with Crippen LogP contribution in [0.2, 0.25) is 0 Å². The van der Waals surface area contributed by atoms with E-state index in [0.717, 1.165) is 0 Å². The Morgan fingerprint density at radius 1 is 1.39 bits per heavy atom. The van der Waals surface area contributed by atoms with Gasteiger partial charge in [0.25, 0.3) is 0 Å². The maximum Gasteiger partial charge on any atom is 0.341 e. The second-order valence-electron chi connectivity index (χ2n) is 3.49. The summed E-state index contributed by atoms with van der Waals surface area (Å²) in [6.07, 6.45) is 1.39. The maximum absolute atomic E-state index is 11.4. The van der Waals surface area contributed by atoms with Crippen molar-refractivity contribution in [3.8, 4) is 5.75 Å². The van der Waals surface area contributed by atoms with Crippen molar-refractivity contribution in [2.45, 2.75) is 6.92 Å². The molecule has 0 aliphatic carbocycles. The molecule has 0 aliphatic rings. The quantitative estimate of drug-likeness (QED) is 0.465. The van der Waals surface area contributed by atoms with Gasteiger partial charge in [-0.3, -0.25) is 10.1 Å². The van der Waals surface area contributed by atoms with Crippen LogP contribution in [0.1, 0.15) is 22.8 Å². The largest absolute Gasteiger partial charge is 0.496 e. The van der Waals surface area contributed by atoms with Crippen molar-refractivity contribution in [3.05, 3.63) is 45.1 Å². The van der Waals surface area contributed by atoms with E-state index in [2.05, 4.69) is 4.74 Å². The van der Waals surface area contributed by atoms with Crippen molar-refractivity contribution in [3.63, 3.8) is 0 Å². The van der Waals surface area contributed by atoms with Crippen LogP contribution in [0.4, 0.5) is 0 Å². The van der Waals surface area contributed by atoms with Crippen LogP contribution < -0.4 is 4.74 Å². The summed E-state index contributed by atoms with van der Waals surface area (Å²) in [5.41, 5.74) is 0.854. The number of allylic oxidation sites excluding steroid dienone is 1. The van der Waals surface area contributed by atoms with Gasteiger partial charge in [0, 0.05) is 13.0 Å². The molecule has 0 bridgehead atoms. The van der Waals surface area contributed by atoms with Gasteiger partial charge in [-0.25, -0.2) is 4.79 Å². The van der Waals surface area contributed by atoms with Gasteiger partial charge < -0.3 is 9.47 Å². The average molecular weight is 251 g/mol. The summed E-state index contributed by atoms with van der Waals surface area (Å²) in [5.74, 6) is -0.208. The predicted octanol–water partition coefficient (Wildman–Crippen LogP) is 2.12. The van der Waals surface area contributed by atoms with Crippen LogP contribution in [0.15, 0.2) is 23.9 Å². The Labute approximate surface area is 104 Å². The van der Waals surface area contributed by atoms with Crippen LogP contribution in [0.5, 0.6) is 5.75 Å². The van der Waals surface area contributed by atoms with E-state index in [4.69, 9.17) is 4.74 Å². The molecule has 0 saturated heterocycles. The molecule has 0 unspecified atom stereocenters. The highest BCUT2D eigenvalue weighted by atomic mass is 16.6. The standard InChI is InChI=1S/C12H13NO5/c1-8(13(15)16)6-9-4-5-10(12(14)18-3)11(7-9)17-2/h4-7H,1-3H3/b8-6+. The molecule has 1 rings (SSSR count). The van der Waals surface area contributed by atoms with E-state index >= 15 is 0 Å². The average Bonchev–Trinajstić information content (AvgIpc) is 2.37. The van der Waals surface area contributed by atoms with Crippen LogP contribution >= 0.6 is 0 Å². The summed E-state index contributed by atoms with van der Waals surface area (Å²) in [6, 6.07) is 4.63. The van der Waals surface area contributed by atoms with E-state index in [1.54, 1.807) is 12.1 Å². The third-order valence-corrected chi connectivity index (χ3v) is 2.29. The topological polar surface area (TPSA) is 78.7 Å². The van der Waals surface area contributed by atoms with Crippen LogP contribution in [0, 0.1) is 10.1 Å². The molecule has 0 spiro atoms. The maximum atomic E-state index is 11.4. The first-order chi connectivity index (χ1) is 8.49. The minimum atomic E-state index is -0.520. The second kappa shape index (κ2) is 5.81.